The van der Waals surface area contributed by atoms with Crippen LogP contribution in [-0.4, -0.2) is 61.9 Å². The number of carbonyl (C=O) groups is 1. The van der Waals surface area contributed by atoms with Crippen molar-refractivity contribution in [3.05, 3.63) is 0 Å². The quantitative estimate of drug-likeness (QED) is 0.837. The van der Waals surface area contributed by atoms with Gasteiger partial charge in [0.2, 0.25) is 5.91 Å². The average Bonchev–Trinajstić information content (AvgIpc) is 2.48. The molecule has 0 aromatic heterocycles. The van der Waals surface area contributed by atoms with Gasteiger partial charge in [0.15, 0.2) is 0 Å². The topological polar surface area (TPSA) is 50.8 Å². The van der Waals surface area contributed by atoms with Crippen LogP contribution in [0.3, 0.4) is 0 Å². The molecule has 0 saturated carbocycles. The van der Waals surface area contributed by atoms with Gasteiger partial charge >= 0.3 is 0 Å². The maximum absolute atomic E-state index is 11.8. The van der Waals surface area contributed by atoms with Crippen molar-refractivity contribution in [3.63, 3.8) is 0 Å². The summed E-state index contributed by atoms with van der Waals surface area (Å²) in [5, 5.41) is 3.79. The first kappa shape index (κ1) is 16.7. The zero-order chi connectivity index (χ0) is 15.3. The second kappa shape index (κ2) is 7.56. The standard InChI is InChI=1S/C16H30N2O3/c1-4-16(2)11-14(7-10-21-16)17-13-5-8-18(9-6-13)15(19)12-20-3/h13-14,17H,4-12H2,1-3H3. The van der Waals surface area contributed by atoms with Gasteiger partial charge in [-0.1, -0.05) is 6.92 Å². The minimum absolute atomic E-state index is 0.0328. The maximum Gasteiger partial charge on any atom is 0.248 e. The number of hydrogen-bond donors (Lipinski definition) is 1. The summed E-state index contributed by atoms with van der Waals surface area (Å²) in [4.78, 5) is 13.7. The monoisotopic (exact) mass is 298 g/mol. The van der Waals surface area contributed by atoms with Crippen LogP contribution in [-0.2, 0) is 14.3 Å². The highest BCUT2D eigenvalue weighted by atomic mass is 16.5. The van der Waals surface area contributed by atoms with E-state index in [1.54, 1.807) is 7.11 Å². The molecule has 5 heteroatoms. The van der Waals surface area contributed by atoms with Crippen LogP contribution in [0.15, 0.2) is 0 Å². The highest BCUT2D eigenvalue weighted by Gasteiger charge is 2.33. The van der Waals surface area contributed by atoms with E-state index in [4.69, 9.17) is 9.47 Å². The number of ether oxygens (including phenoxy) is 2. The SMILES string of the molecule is CCC1(C)CC(NC2CCN(C(=O)COC)CC2)CCO1. The summed E-state index contributed by atoms with van der Waals surface area (Å²) in [5.74, 6) is 0.112. The molecule has 122 valence electrons. The van der Waals surface area contributed by atoms with Crippen molar-refractivity contribution < 1.29 is 14.3 Å². The molecule has 2 atom stereocenters. The lowest BCUT2D eigenvalue weighted by Gasteiger charge is -2.41. The van der Waals surface area contributed by atoms with E-state index in [0.29, 0.717) is 12.1 Å². The number of methoxy groups -OCH3 is 1. The molecule has 5 nitrogen and oxygen atoms in total. The van der Waals surface area contributed by atoms with Gasteiger partial charge < -0.3 is 19.7 Å². The van der Waals surface area contributed by atoms with Gasteiger partial charge in [-0.05, 0) is 39.0 Å². The Balaban J connectivity index is 1.74. The van der Waals surface area contributed by atoms with Gasteiger partial charge in [0.25, 0.3) is 0 Å². The lowest BCUT2D eigenvalue weighted by molar-refractivity contribution is -0.136. The molecule has 2 fully saturated rings. The van der Waals surface area contributed by atoms with Crippen LogP contribution in [0.1, 0.15) is 46.0 Å². The second-order valence-electron chi connectivity index (χ2n) is 6.60. The van der Waals surface area contributed by atoms with Gasteiger partial charge in [0, 0.05) is 38.9 Å². The molecule has 0 radical (unpaired) electrons. The van der Waals surface area contributed by atoms with E-state index >= 15 is 0 Å². The second-order valence-corrected chi connectivity index (χ2v) is 6.60. The smallest absolute Gasteiger partial charge is 0.248 e. The summed E-state index contributed by atoms with van der Waals surface area (Å²) < 4.78 is 10.8. The van der Waals surface area contributed by atoms with Crippen molar-refractivity contribution in [2.24, 2.45) is 0 Å². The molecule has 21 heavy (non-hydrogen) atoms. The molecule has 2 saturated heterocycles. The van der Waals surface area contributed by atoms with E-state index in [-0.39, 0.29) is 18.1 Å². The zero-order valence-corrected chi connectivity index (χ0v) is 13.7. The molecule has 0 spiro atoms. The number of carbonyl (C=O) groups excluding carboxylic acids is 1. The Hall–Kier alpha value is -0.650. The molecule has 0 aromatic rings. The number of nitrogens with zero attached hydrogens (tertiary/aromatic N) is 1. The highest BCUT2D eigenvalue weighted by Crippen LogP contribution is 2.28. The maximum atomic E-state index is 11.8. The van der Waals surface area contributed by atoms with Gasteiger partial charge in [-0.3, -0.25) is 4.79 Å². The first-order valence-electron chi connectivity index (χ1n) is 8.23. The third kappa shape index (κ3) is 4.66. The van der Waals surface area contributed by atoms with Crippen molar-refractivity contribution >= 4 is 5.91 Å². The number of hydrogen-bond acceptors (Lipinski definition) is 4. The van der Waals surface area contributed by atoms with Crippen LogP contribution in [0.2, 0.25) is 0 Å². The van der Waals surface area contributed by atoms with Gasteiger partial charge in [-0.25, -0.2) is 0 Å². The van der Waals surface area contributed by atoms with Crippen LogP contribution in [0, 0.1) is 0 Å². The predicted octanol–water partition coefficient (Wildman–Crippen LogP) is 1.56. The lowest BCUT2D eigenvalue weighted by atomic mass is 9.89. The molecule has 0 aliphatic carbocycles. The number of piperidine rings is 1. The van der Waals surface area contributed by atoms with E-state index in [2.05, 4.69) is 19.2 Å². The van der Waals surface area contributed by atoms with Crippen LogP contribution in [0.25, 0.3) is 0 Å². The zero-order valence-electron chi connectivity index (χ0n) is 13.7. The summed E-state index contributed by atoms with van der Waals surface area (Å²) in [6.45, 7) is 7.15. The Kier molecular flexibility index (Phi) is 6.02. The fourth-order valence-corrected chi connectivity index (χ4v) is 3.36. The minimum atomic E-state index is 0.0328. The number of likely N-dealkylation sites (tertiary alicyclic amines) is 1. The predicted molar refractivity (Wildman–Crippen MR) is 82.3 cm³/mol. The molecule has 0 bridgehead atoms. The van der Waals surface area contributed by atoms with E-state index in [1.807, 2.05) is 4.90 Å². The molecule has 2 heterocycles. The summed E-state index contributed by atoms with van der Waals surface area (Å²) >= 11 is 0. The van der Waals surface area contributed by atoms with Gasteiger partial charge in [0.05, 0.1) is 5.60 Å². The Labute approximate surface area is 128 Å². The third-order valence-corrected chi connectivity index (χ3v) is 4.93. The van der Waals surface area contributed by atoms with E-state index in [0.717, 1.165) is 51.8 Å². The normalized spacial score (nSPS) is 31.4. The fraction of sp³-hybridized carbons (Fsp3) is 0.938. The molecular formula is C16H30N2O3. The minimum Gasteiger partial charge on any atom is -0.375 e. The Morgan fingerprint density at radius 2 is 2.05 bits per heavy atom. The summed E-state index contributed by atoms with van der Waals surface area (Å²) in [5.41, 5.74) is 0.0328. The molecule has 2 rings (SSSR count). The highest BCUT2D eigenvalue weighted by molar-refractivity contribution is 5.77. The third-order valence-electron chi connectivity index (χ3n) is 4.93. The van der Waals surface area contributed by atoms with Crippen LogP contribution in [0.5, 0.6) is 0 Å². The van der Waals surface area contributed by atoms with Crippen LogP contribution >= 0.6 is 0 Å². The van der Waals surface area contributed by atoms with Crippen molar-refractivity contribution in [2.45, 2.75) is 63.6 Å². The van der Waals surface area contributed by atoms with E-state index in [1.165, 1.54) is 0 Å². The van der Waals surface area contributed by atoms with E-state index < -0.39 is 0 Å². The van der Waals surface area contributed by atoms with Crippen LogP contribution < -0.4 is 5.32 Å². The molecular weight excluding hydrogens is 268 g/mol. The number of rotatable bonds is 5. The van der Waals surface area contributed by atoms with Crippen molar-refractivity contribution in [2.75, 3.05) is 33.4 Å². The molecule has 1 amide bonds. The number of nitrogens with one attached hydrogen (secondary N) is 1. The first-order chi connectivity index (χ1) is 10.1. The molecule has 1 N–H and O–H groups in total. The summed E-state index contributed by atoms with van der Waals surface area (Å²) in [6.07, 6.45) is 5.32. The van der Waals surface area contributed by atoms with Gasteiger partial charge in [0.1, 0.15) is 6.61 Å². The van der Waals surface area contributed by atoms with Gasteiger partial charge in [-0.2, -0.15) is 0 Å². The molecule has 2 aliphatic rings. The average molecular weight is 298 g/mol. The lowest BCUT2D eigenvalue weighted by Crippen LogP contribution is -2.52. The fourth-order valence-electron chi connectivity index (χ4n) is 3.36. The molecule has 2 aliphatic heterocycles. The van der Waals surface area contributed by atoms with Crippen molar-refractivity contribution in [1.82, 2.24) is 10.2 Å². The Morgan fingerprint density at radius 3 is 2.67 bits per heavy atom. The first-order valence-corrected chi connectivity index (χ1v) is 8.23. The van der Waals surface area contributed by atoms with E-state index in [9.17, 15) is 4.79 Å². The van der Waals surface area contributed by atoms with Crippen molar-refractivity contribution in [3.8, 4) is 0 Å². The Bertz CT molecular complexity index is 342. The van der Waals surface area contributed by atoms with Gasteiger partial charge in [-0.15, -0.1) is 0 Å². The summed E-state index contributed by atoms with van der Waals surface area (Å²) in [7, 11) is 1.57. The molecule has 0 aromatic carbocycles. The largest absolute Gasteiger partial charge is 0.375 e. The summed E-state index contributed by atoms with van der Waals surface area (Å²) in [6, 6.07) is 1.08. The van der Waals surface area contributed by atoms with Crippen LogP contribution in [0.4, 0.5) is 0 Å². The molecule has 2 unspecified atom stereocenters. The van der Waals surface area contributed by atoms with Crippen molar-refractivity contribution in [1.29, 1.82) is 0 Å². The number of amides is 1. The Morgan fingerprint density at radius 1 is 1.33 bits per heavy atom.